The Kier molecular flexibility index (Phi) is 222. The van der Waals surface area contributed by atoms with Crippen molar-refractivity contribution in [1.82, 2.24) is 0 Å². The number of nitrogens with zero attached hydrogens (tertiary/aromatic N) is 5. The van der Waals surface area contributed by atoms with Gasteiger partial charge in [0, 0.05) is 52.0 Å². The molecule has 0 unspecified atom stereocenters. The van der Waals surface area contributed by atoms with E-state index < -0.39 is 77.4 Å². The molecule has 3 radical (unpaired) electrons. The minimum absolute atomic E-state index is 0. The smallest absolute Gasteiger partial charge is 0.759 e. The van der Waals surface area contributed by atoms with E-state index in [0.717, 1.165) is 0 Å². The molecule has 57 heavy (non-hydrogen) atoms. The minimum Gasteiger partial charge on any atom is -0.759 e. The molecule has 0 rings (SSSR count). The molecule has 0 atom stereocenters. The number of hydrogen-bond donors (Lipinski definition) is 0. The van der Waals surface area contributed by atoms with Crippen LogP contribution in [0.15, 0.2) is 0 Å². The summed E-state index contributed by atoms with van der Waals surface area (Å²) < 4.78 is 170. The summed E-state index contributed by atoms with van der Waals surface area (Å²) in [4.78, 5) is 41.2. The van der Waals surface area contributed by atoms with Gasteiger partial charge in [-0.3, -0.25) is 42.1 Å². The second-order valence-corrected chi connectivity index (χ2v) is 7.24. The first-order valence-electron chi connectivity index (χ1n) is 6.07. The molecular weight excluding hydrogens is 1190 g/mol. The molecule has 0 aromatic carbocycles. The molecule has 0 bridgehead atoms. The van der Waals surface area contributed by atoms with Gasteiger partial charge >= 0.3 is 294 Å². The van der Waals surface area contributed by atoms with Crippen LogP contribution in [0.4, 0.5) is 0 Å². The van der Waals surface area contributed by atoms with E-state index in [9.17, 15) is 0 Å². The zero-order valence-electron chi connectivity index (χ0n) is 27.1. The first kappa shape index (κ1) is 144. The molecule has 0 aliphatic carbocycles. The third-order valence-corrected chi connectivity index (χ3v) is 0. The Bertz CT molecular complexity index is 1050. The predicted molar refractivity (Wildman–Crippen MR) is 115 cm³/mol. The average molecular weight is 1200 g/mol. The summed E-state index contributed by atoms with van der Waals surface area (Å²) in [7, 11) is -25.8. The van der Waals surface area contributed by atoms with Crippen LogP contribution in [0, 0.1) is 76.6 Å². The van der Waals surface area contributed by atoms with Crippen molar-refractivity contribution in [3.05, 3.63) is 76.6 Å². The van der Waals surface area contributed by atoms with Crippen LogP contribution in [0.1, 0.15) is 0 Å². The van der Waals surface area contributed by atoms with Crippen molar-refractivity contribution >= 4 is 52.0 Å². The average Bonchev–Trinajstić information content (AvgIpc) is 2.41. The molecule has 0 aliphatic rings. The predicted octanol–water partition coefficient (Wildman–Crippen LogP) is -28.3. The van der Waals surface area contributed by atoms with Crippen molar-refractivity contribution in [2.24, 2.45) is 0 Å². The summed E-state index contributed by atoms with van der Waals surface area (Å²) in [6.07, 6.45) is 0. The first-order chi connectivity index (χ1) is 18.7. The molecule has 0 heterocycles. The van der Waals surface area contributed by atoms with Crippen molar-refractivity contribution in [1.29, 1.82) is 0 Å². The molecule has 319 valence electrons. The molecule has 43 nitrogen and oxygen atoms in total. The van der Waals surface area contributed by atoms with E-state index in [1.807, 2.05) is 0 Å². The van der Waals surface area contributed by atoms with Crippen molar-refractivity contribution in [3.8, 4) is 0 Å². The summed E-state index contributed by atoms with van der Waals surface area (Å²) in [5.41, 5.74) is 0. The number of rotatable bonds is 0. The number of hydrogen-bond acceptors (Lipinski definition) is 35. The Balaban J connectivity index is -0.0000000117. The quantitative estimate of drug-likeness (QED) is 0.0714. The summed E-state index contributed by atoms with van der Waals surface area (Å²) >= 11 is 0. The molecule has 0 amide bonds. The van der Waals surface area contributed by atoms with Gasteiger partial charge in [-0.05, 0) is 0 Å². The SMILES string of the molecule is O.O.O.O=S(=O)([O-])[O-].O=S(=O)([O-])[O-].O=S(=O)([O-])[O-].O=S(=O)([O-])[O-].O=S(=O)([O-])[O-].O=[N+]([O-])[O-].O=[N+]([O-])[O-].O=[N+]([O-])[O-].O=[N+]([O-])[O-].O=[N+]([O-])[O-].[Fe+3].[Fe+3].[Fe+3].[K+].[K+].[K+].[Na+].[Na+].[Na+]. The van der Waals surface area contributed by atoms with Gasteiger partial charge in [-0.25, -0.2) is 0 Å². The van der Waals surface area contributed by atoms with Crippen LogP contribution in [-0.2, 0) is 103 Å². The molecule has 0 fully saturated rings. The summed E-state index contributed by atoms with van der Waals surface area (Å²) in [6, 6.07) is 0. The van der Waals surface area contributed by atoms with Gasteiger partial charge in [-0.2, -0.15) is 0 Å². The van der Waals surface area contributed by atoms with Crippen LogP contribution in [0.25, 0.3) is 0 Å². The maximum Gasteiger partial charge on any atom is 3.00 e. The van der Waals surface area contributed by atoms with E-state index >= 15 is 0 Å². The zero-order valence-corrected chi connectivity index (χ0v) is 49.9. The Morgan fingerprint density at radius 1 is 0.246 bits per heavy atom. The van der Waals surface area contributed by atoms with Gasteiger partial charge in [0.25, 0.3) is 0 Å². The fourth-order valence-electron chi connectivity index (χ4n) is 0. The monoisotopic (exact) mass is 1200 g/mol. The normalized spacial score (nSPS) is 7.19. The van der Waals surface area contributed by atoms with Gasteiger partial charge in [-0.1, -0.05) is 0 Å². The molecule has 0 saturated heterocycles. The maximum absolute atomic E-state index is 8.52. The fraction of sp³-hybridized carbons (Fsp3) is 0. The minimum atomic E-state index is -5.17. The van der Waals surface area contributed by atoms with Crippen LogP contribution in [0.5, 0.6) is 0 Å². The van der Waals surface area contributed by atoms with Crippen molar-refractivity contribution in [2.45, 2.75) is 0 Å². The Morgan fingerprint density at radius 2 is 0.246 bits per heavy atom. The summed E-state index contributed by atoms with van der Waals surface area (Å²) in [5.74, 6) is 0. The van der Waals surface area contributed by atoms with Gasteiger partial charge in [0.05, 0.1) is 25.4 Å². The summed E-state index contributed by atoms with van der Waals surface area (Å²) in [6.45, 7) is 0. The second-order valence-electron chi connectivity index (χ2n) is 3.16. The zero-order chi connectivity index (χ0) is 40.4. The second kappa shape index (κ2) is 87.6. The third kappa shape index (κ3) is 9480. The van der Waals surface area contributed by atoms with Gasteiger partial charge < -0.3 is 139 Å². The molecule has 6 N–H and O–H groups in total. The van der Waals surface area contributed by atoms with Crippen molar-refractivity contribution in [2.75, 3.05) is 0 Å². The Morgan fingerprint density at radius 3 is 0.246 bits per heavy atom. The van der Waals surface area contributed by atoms with Crippen LogP contribution in [0.3, 0.4) is 0 Å². The topological polar surface area (TPSA) is 827 Å². The van der Waals surface area contributed by atoms with Crippen LogP contribution in [0.2, 0.25) is 0 Å². The van der Waals surface area contributed by atoms with E-state index in [1.54, 1.807) is 0 Å². The van der Waals surface area contributed by atoms with E-state index in [-0.39, 0.29) is 310 Å². The van der Waals surface area contributed by atoms with E-state index in [4.69, 9.17) is 164 Å². The summed E-state index contributed by atoms with van der Waals surface area (Å²) in [5, 5.41) is 73.8. The van der Waals surface area contributed by atoms with Crippen LogP contribution < -0.4 is 243 Å². The van der Waals surface area contributed by atoms with Gasteiger partial charge in [0.1, 0.15) is 0 Å². The molecular formula is H6Fe3K3N5Na3O38S5. The molecule has 0 aliphatic heterocycles. The Labute approximate surface area is 540 Å². The molecule has 0 aromatic heterocycles. The van der Waals surface area contributed by atoms with Gasteiger partial charge in [0.2, 0.25) is 0 Å². The Hall–Kier alpha value is 4.70. The van der Waals surface area contributed by atoms with E-state index in [0.29, 0.717) is 0 Å². The van der Waals surface area contributed by atoms with E-state index in [2.05, 4.69) is 0 Å². The van der Waals surface area contributed by atoms with Crippen molar-refractivity contribution in [3.63, 3.8) is 0 Å². The first-order valence-corrected chi connectivity index (χ1v) is 12.7. The molecule has 0 saturated carbocycles. The largest absolute Gasteiger partial charge is 3.00 e. The molecule has 0 aromatic rings. The van der Waals surface area contributed by atoms with Crippen LogP contribution >= 0.6 is 0 Å². The molecule has 0 spiro atoms. The molecule has 57 heteroatoms. The standard InChI is InChI=1S/3Fe.3K.5NO3.3Na.5H2O4S.3H2O/c;;;;;;5*2-1(3)4;;;;5*1-5(2,3)4;;;/h;;;;;;;;;;;;;;5*(H2,1,2,3,4);3*1H2/q3*+3;3*+1;5*-1;3*+1;;;;;;;;/p-10. The third-order valence-electron chi connectivity index (χ3n) is 0. The van der Waals surface area contributed by atoms with Crippen LogP contribution in [-0.4, -0.2) is 129 Å². The fourth-order valence-corrected chi connectivity index (χ4v) is 0. The van der Waals surface area contributed by atoms with E-state index in [1.165, 1.54) is 0 Å². The van der Waals surface area contributed by atoms with Gasteiger partial charge in [0.15, 0.2) is 0 Å². The van der Waals surface area contributed by atoms with Crippen molar-refractivity contribution < 1.29 is 424 Å². The maximum atomic E-state index is 8.52. The van der Waals surface area contributed by atoms with Gasteiger partial charge in [-0.15, -0.1) is 0 Å².